The fourth-order valence-corrected chi connectivity index (χ4v) is 4.91. The van der Waals surface area contributed by atoms with E-state index >= 15 is 0 Å². The summed E-state index contributed by atoms with van der Waals surface area (Å²) in [6, 6.07) is 24.2. The molecular weight excluding hydrogens is 460 g/mol. The number of nitrogens with one attached hydrogen (secondary N) is 1. The molecule has 1 aliphatic rings. The van der Waals surface area contributed by atoms with Gasteiger partial charge in [-0.2, -0.15) is 0 Å². The van der Waals surface area contributed by atoms with E-state index in [9.17, 15) is 4.79 Å². The lowest BCUT2D eigenvalue weighted by Gasteiger charge is -2.26. The zero-order valence-corrected chi connectivity index (χ0v) is 21.8. The molecular formula is C32H34N2O3. The Morgan fingerprint density at radius 2 is 1.62 bits per heavy atom. The second-order valence-electron chi connectivity index (χ2n) is 9.75. The van der Waals surface area contributed by atoms with Crippen LogP contribution in [0.1, 0.15) is 27.0 Å². The van der Waals surface area contributed by atoms with E-state index in [-0.39, 0.29) is 5.91 Å². The molecule has 5 nitrogen and oxygen atoms in total. The normalized spacial score (nSPS) is 14.0. The van der Waals surface area contributed by atoms with Crippen LogP contribution in [-0.2, 0) is 4.74 Å². The molecule has 4 aromatic carbocycles. The number of hydrogen-bond acceptors (Lipinski definition) is 4. The quantitative estimate of drug-likeness (QED) is 0.323. The van der Waals surface area contributed by atoms with E-state index in [1.165, 1.54) is 16.7 Å². The summed E-state index contributed by atoms with van der Waals surface area (Å²) in [6.07, 6.45) is 0. The van der Waals surface area contributed by atoms with Crippen LogP contribution in [0.4, 0.5) is 5.69 Å². The summed E-state index contributed by atoms with van der Waals surface area (Å²) in [5, 5.41) is 5.08. The highest BCUT2D eigenvalue weighted by Crippen LogP contribution is 2.32. The lowest BCUT2D eigenvalue weighted by molar-refractivity contribution is 0.0323. The van der Waals surface area contributed by atoms with Crippen molar-refractivity contribution in [1.29, 1.82) is 0 Å². The predicted octanol–water partition coefficient (Wildman–Crippen LogP) is 6.40. The van der Waals surface area contributed by atoms with Crippen LogP contribution in [-0.4, -0.2) is 50.3 Å². The molecule has 1 heterocycles. The topological polar surface area (TPSA) is 50.8 Å². The van der Waals surface area contributed by atoms with E-state index < -0.39 is 0 Å². The van der Waals surface area contributed by atoms with Crippen molar-refractivity contribution in [2.75, 3.05) is 44.8 Å². The average Bonchev–Trinajstić information content (AvgIpc) is 2.92. The summed E-state index contributed by atoms with van der Waals surface area (Å²) in [4.78, 5) is 15.7. The predicted molar refractivity (Wildman–Crippen MR) is 151 cm³/mol. The van der Waals surface area contributed by atoms with E-state index in [0.717, 1.165) is 66.2 Å². The van der Waals surface area contributed by atoms with Gasteiger partial charge in [-0.25, -0.2) is 0 Å². The third-order valence-electron chi connectivity index (χ3n) is 7.18. The molecule has 5 heteroatoms. The number of nitrogens with zero attached hydrogens (tertiary/aromatic N) is 1. The van der Waals surface area contributed by atoms with Crippen molar-refractivity contribution in [1.82, 2.24) is 4.90 Å². The van der Waals surface area contributed by atoms with Crippen molar-refractivity contribution in [3.8, 4) is 16.9 Å². The van der Waals surface area contributed by atoms with Crippen molar-refractivity contribution in [3.05, 3.63) is 95.1 Å². The lowest BCUT2D eigenvalue weighted by atomic mass is 9.94. The molecule has 1 N–H and O–H groups in total. The second kappa shape index (κ2) is 11.2. The molecule has 0 bridgehead atoms. The summed E-state index contributed by atoms with van der Waals surface area (Å²) in [6.45, 7) is 11.3. The molecule has 0 radical (unpaired) electrons. The summed E-state index contributed by atoms with van der Waals surface area (Å²) >= 11 is 0. The maximum Gasteiger partial charge on any atom is 0.255 e. The first-order chi connectivity index (χ1) is 18.0. The minimum atomic E-state index is -0.130. The first kappa shape index (κ1) is 25.0. The van der Waals surface area contributed by atoms with Gasteiger partial charge in [-0.3, -0.25) is 9.69 Å². The van der Waals surface area contributed by atoms with E-state index in [1.807, 2.05) is 54.6 Å². The summed E-state index contributed by atoms with van der Waals surface area (Å²) in [5.74, 6) is 0.698. The fraction of sp³-hybridized carbons (Fsp3) is 0.281. The smallest absolute Gasteiger partial charge is 0.255 e. The molecule has 5 rings (SSSR count). The van der Waals surface area contributed by atoms with Gasteiger partial charge in [0.1, 0.15) is 12.4 Å². The highest BCUT2D eigenvalue weighted by Gasteiger charge is 2.14. The van der Waals surface area contributed by atoms with Gasteiger partial charge in [-0.1, -0.05) is 48.5 Å². The van der Waals surface area contributed by atoms with Crippen LogP contribution in [0, 0.1) is 20.8 Å². The third-order valence-corrected chi connectivity index (χ3v) is 7.18. The van der Waals surface area contributed by atoms with Crippen molar-refractivity contribution in [3.63, 3.8) is 0 Å². The summed E-state index contributed by atoms with van der Waals surface area (Å²) in [7, 11) is 0. The molecule has 4 aromatic rings. The summed E-state index contributed by atoms with van der Waals surface area (Å²) in [5.41, 5.74) is 7.32. The SMILES string of the molecule is Cc1cc(C)c(-c2cccc(C(=O)Nc3ccc(OCCN4CCOCC4)c4ccccc34)c2)cc1C. The number of ether oxygens (including phenoxy) is 2. The number of anilines is 1. The van der Waals surface area contributed by atoms with Crippen LogP contribution in [0.15, 0.2) is 72.8 Å². The van der Waals surface area contributed by atoms with E-state index in [0.29, 0.717) is 12.2 Å². The molecule has 0 atom stereocenters. The Balaban J connectivity index is 1.34. The highest BCUT2D eigenvalue weighted by molar-refractivity contribution is 6.10. The third kappa shape index (κ3) is 5.68. The van der Waals surface area contributed by atoms with Crippen molar-refractivity contribution >= 4 is 22.4 Å². The van der Waals surface area contributed by atoms with Gasteiger partial charge in [0.2, 0.25) is 0 Å². The molecule has 0 saturated carbocycles. The minimum absolute atomic E-state index is 0.130. The molecule has 37 heavy (non-hydrogen) atoms. The highest BCUT2D eigenvalue weighted by atomic mass is 16.5. The number of amides is 1. The molecule has 0 unspecified atom stereocenters. The van der Waals surface area contributed by atoms with Crippen molar-refractivity contribution in [2.24, 2.45) is 0 Å². The van der Waals surface area contributed by atoms with Crippen LogP contribution in [0.2, 0.25) is 0 Å². The maximum atomic E-state index is 13.3. The lowest BCUT2D eigenvalue weighted by Crippen LogP contribution is -2.38. The van der Waals surface area contributed by atoms with Gasteiger partial charge < -0.3 is 14.8 Å². The number of carbonyl (C=O) groups excluding carboxylic acids is 1. The monoisotopic (exact) mass is 494 g/mol. The summed E-state index contributed by atoms with van der Waals surface area (Å²) < 4.78 is 11.6. The molecule has 1 saturated heterocycles. The second-order valence-corrected chi connectivity index (χ2v) is 9.75. The van der Waals surface area contributed by atoms with Gasteiger partial charge >= 0.3 is 0 Å². The van der Waals surface area contributed by atoms with Gasteiger partial charge in [0, 0.05) is 41.7 Å². The maximum absolute atomic E-state index is 13.3. The van der Waals surface area contributed by atoms with Crippen LogP contribution in [0.3, 0.4) is 0 Å². The number of hydrogen-bond donors (Lipinski definition) is 1. The molecule has 1 fully saturated rings. The van der Waals surface area contributed by atoms with Crippen LogP contribution < -0.4 is 10.1 Å². The molecule has 0 aromatic heterocycles. The number of carbonyl (C=O) groups is 1. The van der Waals surface area contributed by atoms with E-state index in [2.05, 4.69) is 49.2 Å². The first-order valence-electron chi connectivity index (χ1n) is 12.9. The Kier molecular flexibility index (Phi) is 7.54. The molecule has 0 spiro atoms. The molecule has 1 amide bonds. The standard InChI is InChI=1S/C32H34N2O3/c1-22-19-24(3)29(20-23(22)2)25-7-6-8-26(21-25)32(35)33-30-11-12-31(28-10-5-4-9-27(28)30)37-18-15-34-13-16-36-17-14-34/h4-12,19-21H,13-18H2,1-3H3,(H,33,35). The zero-order valence-electron chi connectivity index (χ0n) is 21.8. The molecule has 0 aliphatic carbocycles. The largest absolute Gasteiger partial charge is 0.492 e. The Morgan fingerprint density at radius 1 is 0.865 bits per heavy atom. The number of aryl methyl sites for hydroxylation is 3. The van der Waals surface area contributed by atoms with E-state index in [1.54, 1.807) is 0 Å². The average molecular weight is 495 g/mol. The number of rotatable bonds is 7. The molecule has 190 valence electrons. The van der Waals surface area contributed by atoms with Crippen molar-refractivity contribution in [2.45, 2.75) is 20.8 Å². The Bertz CT molecular complexity index is 1420. The van der Waals surface area contributed by atoms with Crippen molar-refractivity contribution < 1.29 is 14.3 Å². The Hall–Kier alpha value is -3.67. The number of benzene rings is 4. The van der Waals surface area contributed by atoms with Crippen LogP contribution >= 0.6 is 0 Å². The van der Waals surface area contributed by atoms with Crippen LogP contribution in [0.25, 0.3) is 21.9 Å². The van der Waals surface area contributed by atoms with Gasteiger partial charge in [0.05, 0.1) is 13.2 Å². The Morgan fingerprint density at radius 3 is 2.43 bits per heavy atom. The van der Waals surface area contributed by atoms with Gasteiger partial charge in [0.25, 0.3) is 5.91 Å². The fourth-order valence-electron chi connectivity index (χ4n) is 4.91. The van der Waals surface area contributed by atoms with Gasteiger partial charge in [-0.05, 0) is 72.9 Å². The zero-order chi connectivity index (χ0) is 25.8. The van der Waals surface area contributed by atoms with E-state index in [4.69, 9.17) is 9.47 Å². The Labute approximate surface area is 219 Å². The number of morpholine rings is 1. The number of fused-ring (bicyclic) bond motifs is 1. The molecule has 1 aliphatic heterocycles. The van der Waals surface area contributed by atoms with Crippen LogP contribution in [0.5, 0.6) is 5.75 Å². The van der Waals surface area contributed by atoms with Gasteiger partial charge in [0.15, 0.2) is 0 Å². The van der Waals surface area contributed by atoms with Gasteiger partial charge in [-0.15, -0.1) is 0 Å². The minimum Gasteiger partial charge on any atom is -0.492 e. The first-order valence-corrected chi connectivity index (χ1v) is 12.9.